The molecule has 0 aliphatic rings. The molecular formula is C18H32O4. The fourth-order valence-electron chi connectivity index (χ4n) is 1.90. The highest BCUT2D eigenvalue weighted by Crippen LogP contribution is 2.14. The molecule has 0 fully saturated rings. The van der Waals surface area contributed by atoms with E-state index in [1.807, 2.05) is 6.92 Å². The van der Waals surface area contributed by atoms with E-state index in [2.05, 4.69) is 20.4 Å². The van der Waals surface area contributed by atoms with Crippen molar-refractivity contribution in [2.24, 2.45) is 5.92 Å². The first-order valence-electron chi connectivity index (χ1n) is 8.54. The van der Waals surface area contributed by atoms with E-state index in [1.54, 1.807) is 0 Å². The maximum Gasteiger partial charge on any atom is 0.333 e. The topological polar surface area (TPSA) is 52.6 Å². The standard InChI is InChI=1S/C18H32O4/c1-5-7-9-13-21-17(19)15(3)11-12-16(4)18(20)22-14-10-8-6-2/h16H,3,5-14H2,1-2,4H3. The van der Waals surface area contributed by atoms with E-state index in [4.69, 9.17) is 9.47 Å². The molecular weight excluding hydrogens is 280 g/mol. The number of carbonyl (C=O) groups excluding carboxylic acids is 2. The summed E-state index contributed by atoms with van der Waals surface area (Å²) >= 11 is 0. The van der Waals surface area contributed by atoms with Crippen LogP contribution in [-0.4, -0.2) is 25.2 Å². The SMILES string of the molecule is C=C(CCC(C)C(=O)OCCCCC)C(=O)OCCCCC. The molecule has 0 N–H and O–H groups in total. The lowest BCUT2D eigenvalue weighted by atomic mass is 10.0. The predicted octanol–water partition coefficient (Wildman–Crippen LogP) is 4.43. The average molecular weight is 312 g/mol. The number of esters is 2. The Bertz CT molecular complexity index is 336. The van der Waals surface area contributed by atoms with Crippen LogP contribution in [0.5, 0.6) is 0 Å². The molecule has 0 radical (unpaired) electrons. The third-order valence-electron chi connectivity index (χ3n) is 3.54. The molecule has 0 aromatic rings. The number of rotatable bonds is 13. The second kappa shape index (κ2) is 13.4. The normalized spacial score (nSPS) is 11.8. The molecule has 0 amide bonds. The van der Waals surface area contributed by atoms with Gasteiger partial charge in [0.25, 0.3) is 0 Å². The van der Waals surface area contributed by atoms with E-state index in [0.717, 1.165) is 38.5 Å². The molecule has 0 heterocycles. The zero-order chi connectivity index (χ0) is 16.8. The van der Waals surface area contributed by atoms with Gasteiger partial charge in [0, 0.05) is 5.57 Å². The minimum atomic E-state index is -0.348. The molecule has 0 aliphatic carbocycles. The monoisotopic (exact) mass is 312 g/mol. The van der Waals surface area contributed by atoms with Crippen LogP contribution in [0.1, 0.15) is 72.1 Å². The van der Waals surface area contributed by atoms with Crippen molar-refractivity contribution in [3.05, 3.63) is 12.2 Å². The van der Waals surface area contributed by atoms with Gasteiger partial charge >= 0.3 is 11.9 Å². The van der Waals surface area contributed by atoms with Crippen LogP contribution in [0.4, 0.5) is 0 Å². The zero-order valence-electron chi connectivity index (χ0n) is 14.5. The second-order valence-corrected chi connectivity index (χ2v) is 5.76. The maximum absolute atomic E-state index is 11.8. The summed E-state index contributed by atoms with van der Waals surface area (Å²) in [7, 11) is 0. The summed E-state index contributed by atoms with van der Waals surface area (Å²) in [6.07, 6.45) is 7.15. The molecule has 128 valence electrons. The summed E-state index contributed by atoms with van der Waals surface area (Å²) in [6, 6.07) is 0. The molecule has 0 spiro atoms. The summed E-state index contributed by atoms with van der Waals surface area (Å²) in [4.78, 5) is 23.5. The Morgan fingerprint density at radius 2 is 1.50 bits per heavy atom. The molecule has 0 aromatic carbocycles. The average Bonchev–Trinajstić information content (AvgIpc) is 2.52. The molecule has 22 heavy (non-hydrogen) atoms. The van der Waals surface area contributed by atoms with E-state index in [9.17, 15) is 9.59 Å². The third-order valence-corrected chi connectivity index (χ3v) is 3.54. The third kappa shape index (κ3) is 10.4. The summed E-state index contributed by atoms with van der Waals surface area (Å²) in [5, 5.41) is 0. The minimum Gasteiger partial charge on any atom is -0.465 e. The van der Waals surface area contributed by atoms with Gasteiger partial charge in [-0.2, -0.15) is 0 Å². The molecule has 0 saturated heterocycles. The van der Waals surface area contributed by atoms with Gasteiger partial charge in [0.2, 0.25) is 0 Å². The van der Waals surface area contributed by atoms with Crippen LogP contribution >= 0.6 is 0 Å². The van der Waals surface area contributed by atoms with Crippen molar-refractivity contribution in [1.29, 1.82) is 0 Å². The molecule has 0 aromatic heterocycles. The van der Waals surface area contributed by atoms with Crippen LogP contribution in [0.2, 0.25) is 0 Å². The number of unbranched alkanes of at least 4 members (excludes halogenated alkanes) is 4. The molecule has 4 nitrogen and oxygen atoms in total. The summed E-state index contributed by atoms with van der Waals surface area (Å²) in [6.45, 7) is 10.7. The summed E-state index contributed by atoms with van der Waals surface area (Å²) in [5.74, 6) is -0.758. The zero-order valence-corrected chi connectivity index (χ0v) is 14.5. The Morgan fingerprint density at radius 1 is 0.955 bits per heavy atom. The first kappa shape index (κ1) is 20.7. The van der Waals surface area contributed by atoms with Gasteiger partial charge in [0.1, 0.15) is 0 Å². The van der Waals surface area contributed by atoms with Gasteiger partial charge < -0.3 is 9.47 Å². The van der Waals surface area contributed by atoms with Crippen molar-refractivity contribution in [3.8, 4) is 0 Å². The number of ether oxygens (including phenoxy) is 2. The van der Waals surface area contributed by atoms with Gasteiger partial charge in [0.05, 0.1) is 19.1 Å². The fraction of sp³-hybridized carbons (Fsp3) is 0.778. The smallest absolute Gasteiger partial charge is 0.333 e. The van der Waals surface area contributed by atoms with Gasteiger partial charge in [0.15, 0.2) is 0 Å². The van der Waals surface area contributed by atoms with E-state index in [-0.39, 0.29) is 17.9 Å². The number of hydrogen-bond acceptors (Lipinski definition) is 4. The molecule has 4 heteroatoms. The lowest BCUT2D eigenvalue weighted by Gasteiger charge is -2.12. The van der Waals surface area contributed by atoms with Gasteiger partial charge in [-0.15, -0.1) is 0 Å². The van der Waals surface area contributed by atoms with Crippen molar-refractivity contribution in [1.82, 2.24) is 0 Å². The van der Waals surface area contributed by atoms with Crippen molar-refractivity contribution < 1.29 is 19.1 Å². The van der Waals surface area contributed by atoms with Gasteiger partial charge in [-0.3, -0.25) is 4.79 Å². The van der Waals surface area contributed by atoms with Crippen LogP contribution in [0.3, 0.4) is 0 Å². The Hall–Kier alpha value is -1.32. The van der Waals surface area contributed by atoms with Gasteiger partial charge in [-0.25, -0.2) is 4.79 Å². The summed E-state index contributed by atoms with van der Waals surface area (Å²) in [5.41, 5.74) is 0.433. The highest BCUT2D eigenvalue weighted by atomic mass is 16.5. The Balaban J connectivity index is 3.82. The van der Waals surface area contributed by atoms with Crippen LogP contribution < -0.4 is 0 Å². The predicted molar refractivity (Wildman–Crippen MR) is 88.5 cm³/mol. The highest BCUT2D eigenvalue weighted by molar-refractivity contribution is 5.87. The molecule has 0 bridgehead atoms. The van der Waals surface area contributed by atoms with Crippen LogP contribution in [0.25, 0.3) is 0 Å². The highest BCUT2D eigenvalue weighted by Gasteiger charge is 2.17. The van der Waals surface area contributed by atoms with Crippen molar-refractivity contribution >= 4 is 11.9 Å². The van der Waals surface area contributed by atoms with Gasteiger partial charge in [-0.1, -0.05) is 53.0 Å². The van der Waals surface area contributed by atoms with Crippen LogP contribution in [-0.2, 0) is 19.1 Å². The molecule has 0 rings (SSSR count). The number of carbonyl (C=O) groups is 2. The van der Waals surface area contributed by atoms with E-state index < -0.39 is 0 Å². The van der Waals surface area contributed by atoms with Crippen LogP contribution in [0.15, 0.2) is 12.2 Å². The van der Waals surface area contributed by atoms with Crippen molar-refractivity contribution in [3.63, 3.8) is 0 Å². The lowest BCUT2D eigenvalue weighted by molar-refractivity contribution is -0.148. The minimum absolute atomic E-state index is 0.194. The lowest BCUT2D eigenvalue weighted by Crippen LogP contribution is -2.17. The first-order chi connectivity index (χ1) is 10.5. The van der Waals surface area contributed by atoms with E-state index >= 15 is 0 Å². The molecule has 1 atom stereocenters. The second-order valence-electron chi connectivity index (χ2n) is 5.76. The van der Waals surface area contributed by atoms with Crippen molar-refractivity contribution in [2.75, 3.05) is 13.2 Å². The van der Waals surface area contributed by atoms with E-state index in [0.29, 0.717) is 31.6 Å². The Kier molecular flexibility index (Phi) is 12.5. The summed E-state index contributed by atoms with van der Waals surface area (Å²) < 4.78 is 10.3. The molecule has 0 aliphatic heterocycles. The van der Waals surface area contributed by atoms with E-state index in [1.165, 1.54) is 0 Å². The molecule has 0 saturated carbocycles. The Labute approximate surface area is 135 Å². The largest absolute Gasteiger partial charge is 0.465 e. The van der Waals surface area contributed by atoms with Crippen LogP contribution in [0, 0.1) is 5.92 Å². The fourth-order valence-corrected chi connectivity index (χ4v) is 1.90. The number of hydrogen-bond donors (Lipinski definition) is 0. The Morgan fingerprint density at radius 3 is 2.05 bits per heavy atom. The molecule has 1 unspecified atom stereocenters. The van der Waals surface area contributed by atoms with Gasteiger partial charge in [-0.05, 0) is 25.7 Å². The maximum atomic E-state index is 11.8. The quantitative estimate of drug-likeness (QED) is 0.287. The first-order valence-corrected chi connectivity index (χ1v) is 8.54. The van der Waals surface area contributed by atoms with Crippen molar-refractivity contribution in [2.45, 2.75) is 72.1 Å².